The van der Waals surface area contributed by atoms with Crippen molar-refractivity contribution in [2.75, 3.05) is 6.54 Å². The fourth-order valence-electron chi connectivity index (χ4n) is 2.79. The Morgan fingerprint density at radius 2 is 2.20 bits per heavy atom. The first-order valence-corrected chi connectivity index (χ1v) is 8.39. The second kappa shape index (κ2) is 5.56. The lowest BCUT2D eigenvalue weighted by atomic mass is 9.96. The van der Waals surface area contributed by atoms with Gasteiger partial charge in [0.05, 0.1) is 0 Å². The number of thiazole rings is 1. The summed E-state index contributed by atoms with van der Waals surface area (Å²) in [5, 5.41) is 13.7. The molecule has 0 saturated carbocycles. The zero-order valence-corrected chi connectivity index (χ0v) is 13.7. The Labute approximate surface area is 131 Å². The number of aromatic nitrogens is 1. The van der Waals surface area contributed by atoms with Gasteiger partial charge in [-0.15, -0.1) is 11.3 Å². The standard InChI is InChI=1S/C15H17BrN2OS/c1-11-15(19,14-17-13(16)10-20-14)7-8-18(11)9-12-5-3-2-4-6-12/h2-6,10-11,19H,7-9H2,1H3. The summed E-state index contributed by atoms with van der Waals surface area (Å²) in [6.45, 7) is 3.85. The Hall–Kier alpha value is -0.750. The second-order valence-electron chi connectivity index (χ2n) is 5.28. The molecule has 1 aliphatic heterocycles. The molecular formula is C15H17BrN2OS. The number of hydrogen-bond donors (Lipinski definition) is 1. The Bertz CT molecular complexity index is 589. The molecule has 2 heterocycles. The smallest absolute Gasteiger partial charge is 0.132 e. The summed E-state index contributed by atoms with van der Waals surface area (Å²) in [6, 6.07) is 10.5. The van der Waals surface area contributed by atoms with Crippen LogP contribution in [-0.2, 0) is 12.1 Å². The van der Waals surface area contributed by atoms with Crippen molar-refractivity contribution >= 4 is 27.3 Å². The molecule has 3 rings (SSSR count). The number of aliphatic hydroxyl groups is 1. The maximum absolute atomic E-state index is 11.0. The third kappa shape index (κ3) is 2.55. The molecule has 1 N–H and O–H groups in total. The van der Waals surface area contributed by atoms with E-state index in [1.165, 1.54) is 16.9 Å². The van der Waals surface area contributed by atoms with Crippen LogP contribution in [0.25, 0.3) is 0 Å². The molecule has 0 amide bonds. The van der Waals surface area contributed by atoms with Gasteiger partial charge in [0.15, 0.2) is 0 Å². The van der Waals surface area contributed by atoms with E-state index < -0.39 is 5.60 Å². The molecule has 5 heteroatoms. The average molecular weight is 353 g/mol. The first-order chi connectivity index (χ1) is 9.59. The van der Waals surface area contributed by atoms with E-state index in [1.54, 1.807) is 0 Å². The maximum Gasteiger partial charge on any atom is 0.132 e. The number of benzene rings is 1. The third-order valence-electron chi connectivity index (χ3n) is 4.09. The largest absolute Gasteiger partial charge is 0.381 e. The normalized spacial score (nSPS) is 27.1. The van der Waals surface area contributed by atoms with Gasteiger partial charge in [0, 0.05) is 24.5 Å². The van der Waals surface area contributed by atoms with E-state index in [1.807, 2.05) is 11.4 Å². The van der Waals surface area contributed by atoms with Crippen molar-refractivity contribution in [3.05, 3.63) is 50.9 Å². The summed E-state index contributed by atoms with van der Waals surface area (Å²) in [7, 11) is 0. The molecule has 1 aromatic carbocycles. The minimum atomic E-state index is -0.828. The Morgan fingerprint density at radius 3 is 2.85 bits per heavy atom. The van der Waals surface area contributed by atoms with Crippen molar-refractivity contribution in [1.82, 2.24) is 9.88 Å². The molecule has 1 fully saturated rings. The predicted molar refractivity (Wildman–Crippen MR) is 84.6 cm³/mol. The molecule has 2 atom stereocenters. The van der Waals surface area contributed by atoms with Crippen molar-refractivity contribution in [2.45, 2.75) is 31.5 Å². The quantitative estimate of drug-likeness (QED) is 0.919. The van der Waals surface area contributed by atoms with E-state index in [4.69, 9.17) is 0 Å². The Kier molecular flexibility index (Phi) is 3.95. The molecule has 3 nitrogen and oxygen atoms in total. The van der Waals surface area contributed by atoms with Crippen LogP contribution < -0.4 is 0 Å². The number of rotatable bonds is 3. The van der Waals surface area contributed by atoms with Gasteiger partial charge in [0.25, 0.3) is 0 Å². The van der Waals surface area contributed by atoms with Gasteiger partial charge in [0.2, 0.25) is 0 Å². The lowest BCUT2D eigenvalue weighted by Gasteiger charge is -2.29. The Morgan fingerprint density at radius 1 is 1.45 bits per heavy atom. The van der Waals surface area contributed by atoms with Crippen LogP contribution in [0.1, 0.15) is 23.9 Å². The first-order valence-electron chi connectivity index (χ1n) is 6.71. The highest BCUT2D eigenvalue weighted by molar-refractivity contribution is 9.10. The van der Waals surface area contributed by atoms with E-state index in [9.17, 15) is 5.11 Å². The minimum absolute atomic E-state index is 0.0701. The van der Waals surface area contributed by atoms with E-state index >= 15 is 0 Å². The van der Waals surface area contributed by atoms with Gasteiger partial charge in [-0.05, 0) is 34.8 Å². The molecule has 2 aromatic rings. The van der Waals surface area contributed by atoms with Gasteiger partial charge in [-0.2, -0.15) is 0 Å². The van der Waals surface area contributed by atoms with E-state index in [0.29, 0.717) is 0 Å². The van der Waals surface area contributed by atoms with Crippen molar-refractivity contribution < 1.29 is 5.11 Å². The van der Waals surface area contributed by atoms with Gasteiger partial charge in [-0.3, -0.25) is 4.90 Å². The fraction of sp³-hybridized carbons (Fsp3) is 0.400. The molecule has 0 spiro atoms. The van der Waals surface area contributed by atoms with Crippen LogP contribution in [0.15, 0.2) is 40.3 Å². The number of hydrogen-bond acceptors (Lipinski definition) is 4. The molecule has 106 valence electrons. The first kappa shape index (κ1) is 14.2. The topological polar surface area (TPSA) is 36.4 Å². The monoisotopic (exact) mass is 352 g/mol. The summed E-state index contributed by atoms with van der Waals surface area (Å²) in [6.07, 6.45) is 0.737. The number of nitrogens with zero attached hydrogens (tertiary/aromatic N) is 2. The average Bonchev–Trinajstić information content (AvgIpc) is 3.00. The highest BCUT2D eigenvalue weighted by Gasteiger charge is 2.46. The maximum atomic E-state index is 11.0. The summed E-state index contributed by atoms with van der Waals surface area (Å²) in [5.41, 5.74) is 0.453. The van der Waals surface area contributed by atoms with Crippen LogP contribution in [0.3, 0.4) is 0 Å². The lowest BCUT2D eigenvalue weighted by Crippen LogP contribution is -2.40. The van der Waals surface area contributed by atoms with Gasteiger partial charge in [0.1, 0.15) is 15.2 Å². The molecule has 1 saturated heterocycles. The zero-order valence-electron chi connectivity index (χ0n) is 11.3. The highest BCUT2D eigenvalue weighted by atomic mass is 79.9. The molecule has 1 aliphatic rings. The molecular weight excluding hydrogens is 336 g/mol. The van der Waals surface area contributed by atoms with E-state index in [-0.39, 0.29) is 6.04 Å². The van der Waals surface area contributed by atoms with E-state index in [2.05, 4.69) is 57.0 Å². The molecule has 2 unspecified atom stereocenters. The molecule has 20 heavy (non-hydrogen) atoms. The third-order valence-corrected chi connectivity index (χ3v) is 5.81. The van der Waals surface area contributed by atoms with Gasteiger partial charge >= 0.3 is 0 Å². The van der Waals surface area contributed by atoms with Crippen molar-refractivity contribution in [3.8, 4) is 0 Å². The fourth-order valence-corrected chi connectivity index (χ4v) is 4.26. The zero-order chi connectivity index (χ0) is 14.2. The number of halogens is 1. The summed E-state index contributed by atoms with van der Waals surface area (Å²) in [4.78, 5) is 6.74. The van der Waals surface area contributed by atoms with Crippen LogP contribution in [-0.4, -0.2) is 27.6 Å². The van der Waals surface area contributed by atoms with Gasteiger partial charge in [-0.1, -0.05) is 30.3 Å². The summed E-state index contributed by atoms with van der Waals surface area (Å²) >= 11 is 4.89. The summed E-state index contributed by atoms with van der Waals surface area (Å²) in [5.74, 6) is 0. The Balaban J connectivity index is 1.78. The lowest BCUT2D eigenvalue weighted by molar-refractivity contribution is 0.00447. The van der Waals surface area contributed by atoms with Crippen LogP contribution >= 0.6 is 27.3 Å². The van der Waals surface area contributed by atoms with Gasteiger partial charge < -0.3 is 5.11 Å². The SMILES string of the molecule is CC1N(Cc2ccccc2)CCC1(O)c1nc(Br)cs1. The highest BCUT2D eigenvalue weighted by Crippen LogP contribution is 2.40. The minimum Gasteiger partial charge on any atom is -0.381 e. The van der Waals surface area contributed by atoms with Crippen LogP contribution in [0.5, 0.6) is 0 Å². The predicted octanol–water partition coefficient (Wildman–Crippen LogP) is 3.39. The van der Waals surface area contributed by atoms with Gasteiger partial charge in [-0.25, -0.2) is 4.98 Å². The molecule has 0 radical (unpaired) electrons. The number of likely N-dealkylation sites (tertiary alicyclic amines) is 1. The van der Waals surface area contributed by atoms with Crippen LogP contribution in [0.4, 0.5) is 0 Å². The molecule has 0 bridgehead atoms. The van der Waals surface area contributed by atoms with Crippen molar-refractivity contribution in [1.29, 1.82) is 0 Å². The van der Waals surface area contributed by atoms with Crippen LogP contribution in [0.2, 0.25) is 0 Å². The van der Waals surface area contributed by atoms with Crippen molar-refractivity contribution in [3.63, 3.8) is 0 Å². The second-order valence-corrected chi connectivity index (χ2v) is 6.95. The van der Waals surface area contributed by atoms with Crippen LogP contribution in [0, 0.1) is 0 Å². The molecule has 1 aromatic heterocycles. The van der Waals surface area contributed by atoms with E-state index in [0.717, 1.165) is 29.1 Å². The molecule has 0 aliphatic carbocycles. The summed E-state index contributed by atoms with van der Waals surface area (Å²) < 4.78 is 0.805. The van der Waals surface area contributed by atoms with Crippen molar-refractivity contribution in [2.24, 2.45) is 0 Å².